The molecule has 1 aliphatic rings. The molecule has 2 N–H and O–H groups in total. The van der Waals surface area contributed by atoms with Gasteiger partial charge in [0.15, 0.2) is 0 Å². The van der Waals surface area contributed by atoms with Gasteiger partial charge in [-0.05, 0) is 31.7 Å². The molecule has 1 aromatic carbocycles. The molecule has 1 saturated carbocycles. The van der Waals surface area contributed by atoms with Crippen LogP contribution in [0.1, 0.15) is 25.7 Å². The summed E-state index contributed by atoms with van der Waals surface area (Å²) in [6, 6.07) is 1.66. The topological polar surface area (TPSA) is 82.3 Å². The van der Waals surface area contributed by atoms with E-state index in [0.29, 0.717) is 11.3 Å². The fraction of sp³-hybridized carbons (Fsp3) is 0.357. The molecule has 2 aromatic rings. The summed E-state index contributed by atoms with van der Waals surface area (Å²) in [6.07, 6.45) is 7.63. The van der Waals surface area contributed by atoms with Gasteiger partial charge in [0, 0.05) is 11.8 Å². The average Bonchev–Trinajstić information content (AvgIpc) is 2.93. The minimum Gasteiger partial charge on any atom is -0.488 e. The van der Waals surface area contributed by atoms with Gasteiger partial charge in [-0.15, -0.1) is 0 Å². The van der Waals surface area contributed by atoms with Crippen LogP contribution in [0.3, 0.4) is 0 Å². The number of aromatic nitrogens is 1. The number of hydrogen-bond acceptors (Lipinski definition) is 5. The van der Waals surface area contributed by atoms with Crippen molar-refractivity contribution in [3.8, 4) is 16.9 Å². The third kappa shape index (κ3) is 1.91. The van der Waals surface area contributed by atoms with E-state index < -0.39 is 10.9 Å². The van der Waals surface area contributed by atoms with E-state index in [2.05, 4.69) is 4.98 Å². The fourth-order valence-corrected chi connectivity index (χ4v) is 2.54. The minimum absolute atomic E-state index is 0.0208. The van der Waals surface area contributed by atoms with Crippen molar-refractivity contribution in [3.05, 3.63) is 38.9 Å². The molecule has 0 radical (unpaired) electrons. The van der Waals surface area contributed by atoms with Gasteiger partial charge in [0.2, 0.25) is 10.9 Å². The van der Waals surface area contributed by atoms with E-state index in [1.54, 1.807) is 18.5 Å². The lowest BCUT2D eigenvalue weighted by Gasteiger charge is -2.17. The highest BCUT2D eigenvalue weighted by Crippen LogP contribution is 2.33. The summed E-state index contributed by atoms with van der Waals surface area (Å²) in [5, 5.41) is 0. The van der Waals surface area contributed by atoms with E-state index in [1.807, 2.05) is 0 Å². The van der Waals surface area contributed by atoms with Gasteiger partial charge in [0.05, 0.1) is 23.6 Å². The molecule has 0 atom stereocenters. The van der Waals surface area contributed by atoms with Gasteiger partial charge < -0.3 is 10.5 Å². The Morgan fingerprint density at radius 1 is 1.21 bits per heavy atom. The Morgan fingerprint density at radius 2 is 1.95 bits per heavy atom. The molecule has 19 heavy (non-hydrogen) atoms. The summed E-state index contributed by atoms with van der Waals surface area (Å²) in [5.74, 6) is 0.535. The number of nitrogen functional groups attached to an aromatic ring is 1. The van der Waals surface area contributed by atoms with Crippen molar-refractivity contribution in [2.75, 3.05) is 5.73 Å². The molecule has 0 saturated heterocycles. The number of rotatable bonds is 3. The number of pyridine rings is 1. The third-order valence-corrected chi connectivity index (χ3v) is 3.60. The average molecular weight is 258 g/mol. The molecule has 1 aliphatic carbocycles. The van der Waals surface area contributed by atoms with Crippen LogP contribution in [0.15, 0.2) is 28.0 Å². The Bertz CT molecular complexity index is 680. The monoisotopic (exact) mass is 258 g/mol. The lowest BCUT2D eigenvalue weighted by atomic mass is 9.99. The van der Waals surface area contributed by atoms with Crippen LogP contribution in [-0.4, -0.2) is 11.1 Å². The molecule has 0 amide bonds. The number of anilines is 1. The Labute approximate surface area is 109 Å². The van der Waals surface area contributed by atoms with Crippen molar-refractivity contribution < 1.29 is 4.74 Å². The highest BCUT2D eigenvalue weighted by atomic mass is 16.5. The normalized spacial score (nSPS) is 16.0. The molecule has 98 valence electrons. The first-order chi connectivity index (χ1) is 9.18. The van der Waals surface area contributed by atoms with Crippen LogP contribution in [0.5, 0.6) is 5.75 Å². The smallest absolute Gasteiger partial charge is 0.249 e. The SMILES string of the molecule is Nc1c(-c2ccncc2OC2CCCC2)c(=O)c1=O. The molecule has 0 spiro atoms. The standard InChI is InChI=1S/C14H14N2O3/c15-12-11(13(17)14(12)18)9-5-6-16-7-10(9)19-8-3-1-2-4-8/h5-8H,1-4,15H2. The first-order valence-corrected chi connectivity index (χ1v) is 6.38. The number of nitrogens with zero attached hydrogens (tertiary/aromatic N) is 1. The minimum atomic E-state index is -0.612. The van der Waals surface area contributed by atoms with Crippen molar-refractivity contribution in [2.45, 2.75) is 31.8 Å². The molecular weight excluding hydrogens is 244 g/mol. The van der Waals surface area contributed by atoms with Gasteiger partial charge in [-0.2, -0.15) is 0 Å². The number of ether oxygens (including phenoxy) is 1. The van der Waals surface area contributed by atoms with Crippen molar-refractivity contribution in [1.82, 2.24) is 4.98 Å². The predicted molar refractivity (Wildman–Crippen MR) is 71.9 cm³/mol. The quantitative estimate of drug-likeness (QED) is 0.838. The molecule has 1 heterocycles. The Hall–Kier alpha value is -2.17. The first kappa shape index (κ1) is 11.9. The van der Waals surface area contributed by atoms with Crippen LogP contribution >= 0.6 is 0 Å². The maximum absolute atomic E-state index is 11.6. The fourth-order valence-electron chi connectivity index (χ4n) is 2.54. The van der Waals surface area contributed by atoms with E-state index in [4.69, 9.17) is 10.5 Å². The van der Waals surface area contributed by atoms with E-state index in [9.17, 15) is 9.59 Å². The summed E-state index contributed by atoms with van der Waals surface area (Å²) in [5.41, 5.74) is 5.30. The van der Waals surface area contributed by atoms with E-state index in [-0.39, 0.29) is 17.4 Å². The summed E-state index contributed by atoms with van der Waals surface area (Å²) in [6.45, 7) is 0. The largest absolute Gasteiger partial charge is 0.488 e. The molecule has 5 nitrogen and oxygen atoms in total. The Kier molecular flexibility index (Phi) is 2.81. The van der Waals surface area contributed by atoms with Crippen LogP contribution < -0.4 is 21.3 Å². The molecule has 0 aliphatic heterocycles. The molecule has 1 fully saturated rings. The molecule has 5 heteroatoms. The van der Waals surface area contributed by atoms with Gasteiger partial charge in [-0.1, -0.05) is 0 Å². The second-order valence-electron chi connectivity index (χ2n) is 4.84. The zero-order chi connectivity index (χ0) is 13.4. The highest BCUT2D eigenvalue weighted by Gasteiger charge is 2.24. The third-order valence-electron chi connectivity index (χ3n) is 3.60. The van der Waals surface area contributed by atoms with Gasteiger partial charge >= 0.3 is 0 Å². The van der Waals surface area contributed by atoms with Gasteiger partial charge in [0.25, 0.3) is 0 Å². The van der Waals surface area contributed by atoms with Crippen molar-refractivity contribution in [1.29, 1.82) is 0 Å². The summed E-state index contributed by atoms with van der Waals surface area (Å²) in [4.78, 5) is 26.8. The van der Waals surface area contributed by atoms with Crippen LogP contribution in [0.2, 0.25) is 0 Å². The molecule has 0 bridgehead atoms. The van der Waals surface area contributed by atoms with E-state index in [0.717, 1.165) is 25.7 Å². The predicted octanol–water partition coefficient (Wildman–Crippen LogP) is 1.25. The Morgan fingerprint density at radius 3 is 2.63 bits per heavy atom. The molecule has 1 aromatic heterocycles. The molecule has 3 rings (SSSR count). The van der Waals surface area contributed by atoms with Crippen LogP contribution in [0, 0.1) is 0 Å². The lowest BCUT2D eigenvalue weighted by molar-refractivity contribution is 0.210. The number of hydrogen-bond donors (Lipinski definition) is 1. The van der Waals surface area contributed by atoms with Gasteiger partial charge in [-0.3, -0.25) is 14.6 Å². The lowest BCUT2D eigenvalue weighted by Crippen LogP contribution is -2.36. The van der Waals surface area contributed by atoms with Crippen molar-refractivity contribution in [2.24, 2.45) is 0 Å². The van der Waals surface area contributed by atoms with E-state index >= 15 is 0 Å². The van der Waals surface area contributed by atoms with Gasteiger partial charge in [0.1, 0.15) is 5.75 Å². The summed E-state index contributed by atoms with van der Waals surface area (Å²) >= 11 is 0. The van der Waals surface area contributed by atoms with E-state index in [1.165, 1.54) is 0 Å². The maximum atomic E-state index is 11.6. The van der Waals surface area contributed by atoms with Crippen LogP contribution in [0.25, 0.3) is 11.1 Å². The zero-order valence-corrected chi connectivity index (χ0v) is 10.4. The zero-order valence-electron chi connectivity index (χ0n) is 10.4. The highest BCUT2D eigenvalue weighted by molar-refractivity contribution is 5.83. The second kappa shape index (κ2) is 4.50. The second-order valence-corrected chi connectivity index (χ2v) is 4.84. The maximum Gasteiger partial charge on any atom is 0.249 e. The van der Waals surface area contributed by atoms with Crippen LogP contribution in [-0.2, 0) is 0 Å². The van der Waals surface area contributed by atoms with Crippen LogP contribution in [0.4, 0.5) is 5.69 Å². The number of nitrogens with two attached hydrogens (primary N) is 1. The Balaban J connectivity index is 1.98. The van der Waals surface area contributed by atoms with Crippen molar-refractivity contribution in [3.63, 3.8) is 0 Å². The molecule has 0 unspecified atom stereocenters. The summed E-state index contributed by atoms with van der Waals surface area (Å²) < 4.78 is 5.88. The van der Waals surface area contributed by atoms with Gasteiger partial charge in [-0.25, -0.2) is 0 Å². The summed E-state index contributed by atoms with van der Waals surface area (Å²) in [7, 11) is 0. The van der Waals surface area contributed by atoms with Crippen molar-refractivity contribution >= 4 is 5.69 Å². The first-order valence-electron chi connectivity index (χ1n) is 6.38. The molecular formula is C14H14N2O3.